The van der Waals surface area contributed by atoms with Crippen LogP contribution in [0.5, 0.6) is 0 Å². The summed E-state index contributed by atoms with van der Waals surface area (Å²) in [4.78, 5) is 40.1. The van der Waals surface area contributed by atoms with Crippen molar-refractivity contribution in [3.05, 3.63) is 95.6 Å². The summed E-state index contributed by atoms with van der Waals surface area (Å²) in [5.74, 6) is -1.05. The van der Waals surface area contributed by atoms with Crippen molar-refractivity contribution in [3.8, 4) is 11.1 Å². The average Bonchev–Trinajstić information content (AvgIpc) is 3.02. The van der Waals surface area contributed by atoms with Gasteiger partial charge in [0.2, 0.25) is 5.91 Å². The topological polar surface area (TPSA) is 93.7 Å². The fraction of sp³-hybridized carbons (Fsp3) is 0.323. The average molecular weight is 515 g/mol. The van der Waals surface area contributed by atoms with Crippen LogP contribution in [0.4, 0.5) is 4.79 Å². The third-order valence-corrected chi connectivity index (χ3v) is 6.56. The lowest BCUT2D eigenvalue weighted by Crippen LogP contribution is -2.64. The van der Waals surface area contributed by atoms with Gasteiger partial charge in [0.15, 0.2) is 0 Å². The predicted octanol–water partition coefficient (Wildman–Crippen LogP) is 4.62. The monoisotopic (exact) mass is 514 g/mol. The van der Waals surface area contributed by atoms with Crippen molar-refractivity contribution in [2.24, 2.45) is 0 Å². The number of rotatable bonds is 6. The van der Waals surface area contributed by atoms with E-state index in [4.69, 9.17) is 9.47 Å². The molecule has 0 fully saturated rings. The van der Waals surface area contributed by atoms with Crippen LogP contribution in [-0.4, -0.2) is 42.3 Å². The van der Waals surface area contributed by atoms with Crippen LogP contribution in [0.25, 0.3) is 11.1 Å². The second kappa shape index (κ2) is 11.1. The molecule has 3 aromatic carbocycles. The first-order chi connectivity index (χ1) is 18.1. The highest BCUT2D eigenvalue weighted by Gasteiger charge is 2.45. The van der Waals surface area contributed by atoms with Crippen LogP contribution in [0.15, 0.2) is 78.9 Å². The fourth-order valence-electron chi connectivity index (χ4n) is 4.87. The lowest BCUT2D eigenvalue weighted by atomic mass is 9.85. The van der Waals surface area contributed by atoms with E-state index >= 15 is 0 Å². The van der Waals surface area contributed by atoms with Gasteiger partial charge in [0.1, 0.15) is 17.2 Å². The van der Waals surface area contributed by atoms with E-state index < -0.39 is 35.2 Å². The summed E-state index contributed by atoms with van der Waals surface area (Å²) in [6.45, 7) is 5.30. The van der Waals surface area contributed by atoms with Gasteiger partial charge in [-0.1, -0.05) is 78.9 Å². The van der Waals surface area contributed by atoms with Crippen molar-refractivity contribution in [1.82, 2.24) is 10.6 Å². The molecule has 0 spiro atoms. The molecule has 1 aliphatic rings. The molecular weight excluding hydrogens is 480 g/mol. The van der Waals surface area contributed by atoms with Crippen molar-refractivity contribution in [2.45, 2.75) is 57.2 Å². The number of nitrogens with one attached hydrogen (secondary N) is 2. The Balaban J connectivity index is 1.76. The van der Waals surface area contributed by atoms with Crippen LogP contribution in [0, 0.1) is 0 Å². The minimum absolute atomic E-state index is 0.210. The SMILES string of the molecule is COC(=O)[C@@H](Cc1ccccc1)NC(=O)C1(NC(=O)OC(C)(C)C)Cc2ccccc2-c2ccccc2C1. The summed E-state index contributed by atoms with van der Waals surface area (Å²) in [7, 11) is 1.29. The second-order valence-corrected chi connectivity index (χ2v) is 10.6. The van der Waals surface area contributed by atoms with Crippen LogP contribution in [0.1, 0.15) is 37.5 Å². The van der Waals surface area contributed by atoms with Crippen molar-refractivity contribution in [2.75, 3.05) is 7.11 Å². The number of carbonyl (C=O) groups excluding carboxylic acids is 3. The van der Waals surface area contributed by atoms with Crippen LogP contribution in [0.2, 0.25) is 0 Å². The summed E-state index contributed by atoms with van der Waals surface area (Å²) >= 11 is 0. The minimum atomic E-state index is -1.42. The van der Waals surface area contributed by atoms with Gasteiger partial charge in [0.05, 0.1) is 7.11 Å². The number of ether oxygens (including phenoxy) is 2. The van der Waals surface area contributed by atoms with E-state index in [1.165, 1.54) is 7.11 Å². The van der Waals surface area contributed by atoms with Crippen LogP contribution in [0.3, 0.4) is 0 Å². The molecule has 2 amide bonds. The Morgan fingerprint density at radius 1 is 0.842 bits per heavy atom. The molecule has 4 rings (SSSR count). The van der Waals surface area contributed by atoms with Gasteiger partial charge < -0.3 is 20.1 Å². The number of hydrogen-bond acceptors (Lipinski definition) is 5. The molecule has 0 heterocycles. The molecule has 0 bridgehead atoms. The van der Waals surface area contributed by atoms with Crippen LogP contribution >= 0.6 is 0 Å². The van der Waals surface area contributed by atoms with E-state index in [0.717, 1.165) is 27.8 Å². The number of amides is 2. The van der Waals surface area contributed by atoms with E-state index in [1.54, 1.807) is 20.8 Å². The maximum Gasteiger partial charge on any atom is 0.408 e. The summed E-state index contributed by atoms with van der Waals surface area (Å²) in [6, 6.07) is 24.1. The van der Waals surface area contributed by atoms with Crippen molar-refractivity contribution >= 4 is 18.0 Å². The predicted molar refractivity (Wildman–Crippen MR) is 145 cm³/mol. The molecule has 0 aliphatic heterocycles. The van der Waals surface area contributed by atoms with Gasteiger partial charge in [0, 0.05) is 19.3 Å². The number of methoxy groups -OCH3 is 1. The first-order valence-corrected chi connectivity index (χ1v) is 12.7. The van der Waals surface area contributed by atoms with Gasteiger partial charge in [-0.05, 0) is 48.6 Å². The highest BCUT2D eigenvalue weighted by molar-refractivity contribution is 5.95. The Morgan fingerprint density at radius 3 is 1.89 bits per heavy atom. The Morgan fingerprint density at radius 2 is 1.37 bits per heavy atom. The van der Waals surface area contributed by atoms with E-state index in [0.29, 0.717) is 0 Å². The maximum atomic E-state index is 14.2. The summed E-state index contributed by atoms with van der Waals surface area (Å²) in [5, 5.41) is 5.81. The summed E-state index contributed by atoms with van der Waals surface area (Å²) < 4.78 is 10.6. The number of hydrogen-bond donors (Lipinski definition) is 2. The molecule has 3 aromatic rings. The maximum absolute atomic E-state index is 14.2. The lowest BCUT2D eigenvalue weighted by Gasteiger charge is -2.35. The second-order valence-electron chi connectivity index (χ2n) is 10.6. The van der Waals surface area contributed by atoms with Crippen molar-refractivity contribution in [3.63, 3.8) is 0 Å². The number of alkyl carbamates (subject to hydrolysis) is 1. The Kier molecular flexibility index (Phi) is 7.86. The van der Waals surface area contributed by atoms with E-state index in [9.17, 15) is 14.4 Å². The van der Waals surface area contributed by atoms with Crippen molar-refractivity contribution in [1.29, 1.82) is 0 Å². The standard InChI is InChI=1S/C31H34N2O5/c1-30(2,3)38-29(36)33-31(28(35)32-26(27(34)37-4)18-21-12-6-5-7-13-21)19-22-14-8-10-16-24(22)25-17-11-9-15-23(25)20-31/h5-17,26H,18-20H2,1-4H3,(H,32,35)(H,33,36)/t26-/m1/s1. The molecule has 38 heavy (non-hydrogen) atoms. The van der Waals surface area contributed by atoms with Gasteiger partial charge in [-0.25, -0.2) is 9.59 Å². The minimum Gasteiger partial charge on any atom is -0.467 e. The lowest BCUT2D eigenvalue weighted by molar-refractivity contribution is -0.146. The molecule has 7 heteroatoms. The molecule has 1 aliphatic carbocycles. The molecule has 0 radical (unpaired) electrons. The summed E-state index contributed by atoms with van der Waals surface area (Å²) in [6.07, 6.45) is -0.0404. The molecular formula is C31H34N2O5. The number of benzene rings is 3. The smallest absolute Gasteiger partial charge is 0.408 e. The quantitative estimate of drug-likeness (QED) is 0.469. The van der Waals surface area contributed by atoms with Crippen LogP contribution < -0.4 is 10.6 Å². The zero-order valence-electron chi connectivity index (χ0n) is 22.2. The van der Waals surface area contributed by atoms with Gasteiger partial charge in [-0.15, -0.1) is 0 Å². The van der Waals surface area contributed by atoms with E-state index in [2.05, 4.69) is 10.6 Å². The Labute approximate surface area is 223 Å². The first-order valence-electron chi connectivity index (χ1n) is 12.7. The molecule has 7 nitrogen and oxygen atoms in total. The normalized spacial score (nSPS) is 14.6. The fourth-order valence-corrected chi connectivity index (χ4v) is 4.87. The molecule has 0 saturated carbocycles. The number of esters is 1. The van der Waals surface area contributed by atoms with Crippen molar-refractivity contribution < 1.29 is 23.9 Å². The van der Waals surface area contributed by atoms with Gasteiger partial charge in [-0.3, -0.25) is 4.79 Å². The molecule has 2 N–H and O–H groups in total. The third-order valence-electron chi connectivity index (χ3n) is 6.56. The molecule has 198 valence electrons. The zero-order valence-corrected chi connectivity index (χ0v) is 22.2. The highest BCUT2D eigenvalue weighted by Crippen LogP contribution is 2.36. The van der Waals surface area contributed by atoms with Crippen LogP contribution in [-0.2, 0) is 38.3 Å². The molecule has 1 atom stereocenters. The highest BCUT2D eigenvalue weighted by atomic mass is 16.6. The Hall–Kier alpha value is -4.13. The first kappa shape index (κ1) is 26.9. The third kappa shape index (κ3) is 6.22. The summed E-state index contributed by atoms with van der Waals surface area (Å²) in [5.41, 5.74) is 2.49. The number of carbonyl (C=O) groups is 3. The van der Waals surface area contributed by atoms with Gasteiger partial charge >= 0.3 is 12.1 Å². The van der Waals surface area contributed by atoms with E-state index in [-0.39, 0.29) is 19.3 Å². The van der Waals surface area contributed by atoms with Gasteiger partial charge in [-0.2, -0.15) is 0 Å². The molecule has 0 unspecified atom stereocenters. The zero-order chi connectivity index (χ0) is 27.3. The largest absolute Gasteiger partial charge is 0.467 e. The number of fused-ring (bicyclic) bond motifs is 3. The molecule has 0 aromatic heterocycles. The molecule has 0 saturated heterocycles. The van der Waals surface area contributed by atoms with Gasteiger partial charge in [0.25, 0.3) is 0 Å². The van der Waals surface area contributed by atoms with E-state index in [1.807, 2.05) is 78.9 Å². The Bertz CT molecular complexity index is 1270.